The maximum atomic E-state index is 13.3. The summed E-state index contributed by atoms with van der Waals surface area (Å²) in [5, 5.41) is 9.75. The normalized spacial score (nSPS) is 18.6. The molecular formula is C23H18ClNO3S. The Morgan fingerprint density at radius 1 is 0.897 bits per heavy atom. The second-order valence-corrected chi connectivity index (χ2v) is 8.24. The van der Waals surface area contributed by atoms with E-state index in [4.69, 9.17) is 11.6 Å². The zero-order valence-electron chi connectivity index (χ0n) is 15.4. The molecule has 146 valence electrons. The molecule has 0 aliphatic carbocycles. The van der Waals surface area contributed by atoms with Crippen LogP contribution >= 0.6 is 23.4 Å². The Kier molecular flexibility index (Phi) is 5.60. The first kappa shape index (κ1) is 19.6. The van der Waals surface area contributed by atoms with E-state index in [1.54, 1.807) is 18.2 Å². The van der Waals surface area contributed by atoms with Crippen molar-refractivity contribution in [1.82, 2.24) is 4.90 Å². The van der Waals surface area contributed by atoms with Crippen LogP contribution in [0.1, 0.15) is 21.3 Å². The van der Waals surface area contributed by atoms with Crippen LogP contribution < -0.4 is 0 Å². The average Bonchev–Trinajstić information content (AvgIpc) is 3.19. The largest absolute Gasteiger partial charge is 0.480 e. The van der Waals surface area contributed by atoms with Crippen LogP contribution in [0.5, 0.6) is 0 Å². The summed E-state index contributed by atoms with van der Waals surface area (Å²) >= 11 is 7.75. The molecule has 6 heteroatoms. The van der Waals surface area contributed by atoms with E-state index in [0.717, 1.165) is 16.7 Å². The summed E-state index contributed by atoms with van der Waals surface area (Å²) in [7, 11) is 0. The molecule has 4 rings (SSSR count). The fourth-order valence-corrected chi connectivity index (χ4v) is 5.20. The third kappa shape index (κ3) is 3.88. The van der Waals surface area contributed by atoms with Crippen LogP contribution in [-0.2, 0) is 4.79 Å². The third-order valence-electron chi connectivity index (χ3n) is 4.93. The number of aliphatic carboxylic acids is 1. The summed E-state index contributed by atoms with van der Waals surface area (Å²) in [6.07, 6.45) is 0. The highest BCUT2D eigenvalue weighted by molar-refractivity contribution is 7.99. The second-order valence-electron chi connectivity index (χ2n) is 6.72. The lowest BCUT2D eigenvalue weighted by Crippen LogP contribution is -2.43. The zero-order valence-corrected chi connectivity index (χ0v) is 16.9. The van der Waals surface area contributed by atoms with Gasteiger partial charge in [0.25, 0.3) is 5.91 Å². The van der Waals surface area contributed by atoms with Crippen LogP contribution in [-0.4, -0.2) is 33.7 Å². The molecule has 1 amide bonds. The van der Waals surface area contributed by atoms with Crippen LogP contribution in [0.25, 0.3) is 11.1 Å². The molecule has 4 nitrogen and oxygen atoms in total. The molecule has 0 aromatic heterocycles. The lowest BCUT2D eigenvalue weighted by atomic mass is 10.0. The van der Waals surface area contributed by atoms with E-state index in [2.05, 4.69) is 0 Å². The van der Waals surface area contributed by atoms with Gasteiger partial charge in [0.1, 0.15) is 11.4 Å². The smallest absolute Gasteiger partial charge is 0.327 e. The molecule has 2 atom stereocenters. The minimum absolute atomic E-state index is 0.313. The number of hydrogen-bond acceptors (Lipinski definition) is 3. The van der Waals surface area contributed by atoms with Gasteiger partial charge in [-0.05, 0) is 29.3 Å². The standard InChI is InChI=1S/C23H18ClNO3S/c24-19-9-5-4-8-18(19)22-25(20(14-29-22)23(27)28)21(26)17-12-10-16(11-13-17)15-6-2-1-3-7-15/h1-13,20,22H,14H2,(H,27,28)/t20-,22+/m0/s1. The van der Waals surface area contributed by atoms with Crippen LogP contribution in [0.3, 0.4) is 0 Å². The molecule has 1 heterocycles. The van der Waals surface area contributed by atoms with Crippen LogP contribution in [0.15, 0.2) is 78.9 Å². The minimum Gasteiger partial charge on any atom is -0.480 e. The summed E-state index contributed by atoms with van der Waals surface area (Å²) in [6, 6.07) is 23.5. The molecule has 1 aliphatic rings. The Balaban J connectivity index is 1.67. The summed E-state index contributed by atoms with van der Waals surface area (Å²) in [4.78, 5) is 26.6. The van der Waals surface area contributed by atoms with Gasteiger partial charge in [-0.15, -0.1) is 11.8 Å². The molecule has 0 spiro atoms. The number of benzene rings is 3. The topological polar surface area (TPSA) is 57.6 Å². The number of thioether (sulfide) groups is 1. The quantitative estimate of drug-likeness (QED) is 0.614. The number of halogens is 1. The number of carboxylic acids is 1. The average molecular weight is 424 g/mol. The molecule has 0 radical (unpaired) electrons. The predicted octanol–water partition coefficient (Wildman–Crippen LogP) is 5.35. The molecule has 0 bridgehead atoms. The van der Waals surface area contributed by atoms with Crippen molar-refractivity contribution in [2.45, 2.75) is 11.4 Å². The minimum atomic E-state index is -1.01. The zero-order chi connectivity index (χ0) is 20.4. The van der Waals surface area contributed by atoms with Crippen molar-refractivity contribution >= 4 is 35.2 Å². The van der Waals surface area contributed by atoms with E-state index in [9.17, 15) is 14.7 Å². The number of nitrogens with zero attached hydrogens (tertiary/aromatic N) is 1. The van der Waals surface area contributed by atoms with Crippen molar-refractivity contribution in [3.63, 3.8) is 0 Å². The van der Waals surface area contributed by atoms with Gasteiger partial charge in [0.15, 0.2) is 0 Å². The van der Waals surface area contributed by atoms with E-state index in [1.165, 1.54) is 16.7 Å². The molecule has 1 N–H and O–H groups in total. The Bertz CT molecular complexity index is 1040. The Labute approximate surface area is 178 Å². The van der Waals surface area contributed by atoms with Gasteiger partial charge < -0.3 is 10.0 Å². The highest BCUT2D eigenvalue weighted by Gasteiger charge is 2.43. The van der Waals surface area contributed by atoms with Crippen molar-refractivity contribution < 1.29 is 14.7 Å². The molecule has 1 saturated heterocycles. The Morgan fingerprint density at radius 2 is 1.52 bits per heavy atom. The van der Waals surface area contributed by atoms with Gasteiger partial charge >= 0.3 is 5.97 Å². The molecule has 29 heavy (non-hydrogen) atoms. The first-order valence-electron chi connectivity index (χ1n) is 9.13. The fourth-order valence-electron chi connectivity index (χ4n) is 3.44. The van der Waals surface area contributed by atoms with Crippen molar-refractivity contribution in [1.29, 1.82) is 0 Å². The van der Waals surface area contributed by atoms with Gasteiger partial charge in [-0.1, -0.05) is 72.3 Å². The van der Waals surface area contributed by atoms with Crippen LogP contribution in [0.2, 0.25) is 5.02 Å². The summed E-state index contributed by atoms with van der Waals surface area (Å²) in [5.74, 6) is -1.01. The number of carbonyl (C=O) groups excluding carboxylic acids is 1. The molecule has 0 unspecified atom stereocenters. The van der Waals surface area contributed by atoms with Crippen molar-refractivity contribution in [2.24, 2.45) is 0 Å². The van der Waals surface area contributed by atoms with E-state index in [0.29, 0.717) is 16.3 Å². The molecule has 0 saturated carbocycles. The van der Waals surface area contributed by atoms with Gasteiger partial charge in [0.05, 0.1) is 0 Å². The number of carbonyl (C=O) groups is 2. The molecule has 1 fully saturated rings. The Hall–Kier alpha value is -2.76. The summed E-state index contributed by atoms with van der Waals surface area (Å²) in [6.45, 7) is 0. The van der Waals surface area contributed by atoms with E-state index >= 15 is 0 Å². The first-order chi connectivity index (χ1) is 14.1. The van der Waals surface area contributed by atoms with Crippen LogP contribution in [0, 0.1) is 0 Å². The van der Waals surface area contributed by atoms with E-state index in [-0.39, 0.29) is 5.91 Å². The van der Waals surface area contributed by atoms with Gasteiger partial charge in [-0.2, -0.15) is 0 Å². The SMILES string of the molecule is O=C(O)[C@@H]1CS[C@H](c2ccccc2Cl)N1C(=O)c1ccc(-c2ccccc2)cc1. The van der Waals surface area contributed by atoms with Gasteiger partial charge in [-0.3, -0.25) is 4.79 Å². The first-order valence-corrected chi connectivity index (χ1v) is 10.6. The van der Waals surface area contributed by atoms with Crippen LogP contribution in [0.4, 0.5) is 0 Å². The number of carboxylic acid groups (broad SMARTS) is 1. The lowest BCUT2D eigenvalue weighted by Gasteiger charge is -2.28. The maximum Gasteiger partial charge on any atom is 0.327 e. The van der Waals surface area contributed by atoms with E-state index < -0.39 is 17.4 Å². The van der Waals surface area contributed by atoms with Gasteiger partial charge in [0, 0.05) is 21.9 Å². The maximum absolute atomic E-state index is 13.3. The highest BCUT2D eigenvalue weighted by atomic mass is 35.5. The van der Waals surface area contributed by atoms with Crippen molar-refractivity contribution in [3.8, 4) is 11.1 Å². The van der Waals surface area contributed by atoms with Gasteiger partial charge in [0.2, 0.25) is 0 Å². The third-order valence-corrected chi connectivity index (χ3v) is 6.58. The summed E-state index contributed by atoms with van der Waals surface area (Å²) in [5.41, 5.74) is 3.25. The monoisotopic (exact) mass is 423 g/mol. The molecular weight excluding hydrogens is 406 g/mol. The Morgan fingerprint density at radius 3 is 2.17 bits per heavy atom. The van der Waals surface area contributed by atoms with Crippen molar-refractivity contribution in [3.05, 3.63) is 95.0 Å². The number of rotatable bonds is 4. The molecule has 3 aromatic rings. The van der Waals surface area contributed by atoms with E-state index in [1.807, 2.05) is 60.7 Å². The number of amides is 1. The summed E-state index contributed by atoms with van der Waals surface area (Å²) < 4.78 is 0. The lowest BCUT2D eigenvalue weighted by molar-refractivity contribution is -0.141. The molecule has 1 aliphatic heterocycles. The molecule has 3 aromatic carbocycles. The number of hydrogen-bond donors (Lipinski definition) is 1. The van der Waals surface area contributed by atoms with Crippen molar-refractivity contribution in [2.75, 3.05) is 5.75 Å². The second kappa shape index (κ2) is 8.31. The predicted molar refractivity (Wildman–Crippen MR) is 116 cm³/mol. The fraction of sp³-hybridized carbons (Fsp3) is 0.130. The highest BCUT2D eigenvalue weighted by Crippen LogP contribution is 2.44. The van der Waals surface area contributed by atoms with Gasteiger partial charge in [-0.25, -0.2) is 4.79 Å².